The number of rotatable bonds is 6. The molecule has 0 spiro atoms. The highest BCUT2D eigenvalue weighted by atomic mass is 16.5. The fourth-order valence-electron chi connectivity index (χ4n) is 2.90. The largest absolute Gasteiger partial charge is 0.497 e. The summed E-state index contributed by atoms with van der Waals surface area (Å²) in [6, 6.07) is 11.0. The molecule has 3 rings (SSSR count). The third kappa shape index (κ3) is 4.21. The molecule has 1 N–H and O–H groups in total. The van der Waals surface area contributed by atoms with Gasteiger partial charge in [0.25, 0.3) is 0 Å². The number of carbonyl (C=O) groups is 2. The van der Waals surface area contributed by atoms with Crippen molar-refractivity contribution >= 4 is 28.6 Å². The summed E-state index contributed by atoms with van der Waals surface area (Å²) >= 11 is 0. The van der Waals surface area contributed by atoms with E-state index in [9.17, 15) is 14.4 Å². The third-order valence-corrected chi connectivity index (χ3v) is 4.35. The van der Waals surface area contributed by atoms with Gasteiger partial charge in [0.1, 0.15) is 11.3 Å². The highest BCUT2D eigenvalue weighted by molar-refractivity contribution is 5.99. The lowest BCUT2D eigenvalue weighted by molar-refractivity contribution is 0.0587. The first-order valence-corrected chi connectivity index (χ1v) is 8.62. The van der Waals surface area contributed by atoms with Crippen LogP contribution < -0.4 is 15.7 Å². The van der Waals surface area contributed by atoms with Gasteiger partial charge >= 0.3 is 17.6 Å². The standard InChI is InChI=1S/C21H19NO7/c1-26-14-5-7-15-13(9-19(23)29-18(15)10-14)11-22-17-8-12(20(24)27-2)4-6-16(17)21(25)28-3/h4-10,22H,11H2,1-3H3. The number of hydrogen-bond acceptors (Lipinski definition) is 8. The molecule has 8 nitrogen and oxygen atoms in total. The Morgan fingerprint density at radius 2 is 1.72 bits per heavy atom. The summed E-state index contributed by atoms with van der Waals surface area (Å²) in [5, 5.41) is 3.80. The van der Waals surface area contributed by atoms with Gasteiger partial charge in [-0.1, -0.05) is 0 Å². The summed E-state index contributed by atoms with van der Waals surface area (Å²) in [5.41, 5.74) is 1.40. The average molecular weight is 397 g/mol. The van der Waals surface area contributed by atoms with Crippen molar-refractivity contribution in [1.29, 1.82) is 0 Å². The van der Waals surface area contributed by atoms with Crippen LogP contribution in [-0.4, -0.2) is 33.3 Å². The Labute approximate surface area is 166 Å². The maximum absolute atomic E-state index is 12.1. The van der Waals surface area contributed by atoms with E-state index >= 15 is 0 Å². The van der Waals surface area contributed by atoms with Crippen molar-refractivity contribution in [3.63, 3.8) is 0 Å². The quantitative estimate of drug-likeness (QED) is 0.500. The van der Waals surface area contributed by atoms with Crippen molar-refractivity contribution in [2.24, 2.45) is 0 Å². The lowest BCUT2D eigenvalue weighted by Crippen LogP contribution is -2.12. The Morgan fingerprint density at radius 3 is 2.41 bits per heavy atom. The highest BCUT2D eigenvalue weighted by Crippen LogP contribution is 2.25. The molecule has 29 heavy (non-hydrogen) atoms. The van der Waals surface area contributed by atoms with Crippen LogP contribution in [0.3, 0.4) is 0 Å². The molecule has 0 atom stereocenters. The van der Waals surface area contributed by atoms with Gasteiger partial charge in [-0.25, -0.2) is 14.4 Å². The maximum Gasteiger partial charge on any atom is 0.339 e. The molecule has 0 saturated heterocycles. The van der Waals surface area contributed by atoms with Gasteiger partial charge in [-0.2, -0.15) is 0 Å². The van der Waals surface area contributed by atoms with Crippen LogP contribution in [0.4, 0.5) is 5.69 Å². The summed E-state index contributed by atoms with van der Waals surface area (Å²) < 4.78 is 19.9. The monoisotopic (exact) mass is 397 g/mol. The van der Waals surface area contributed by atoms with Gasteiger partial charge < -0.3 is 23.9 Å². The molecular weight excluding hydrogens is 378 g/mol. The van der Waals surface area contributed by atoms with Gasteiger partial charge in [0, 0.05) is 29.8 Å². The Morgan fingerprint density at radius 1 is 0.966 bits per heavy atom. The minimum absolute atomic E-state index is 0.197. The normalized spacial score (nSPS) is 10.4. The molecule has 150 valence electrons. The van der Waals surface area contributed by atoms with E-state index in [-0.39, 0.29) is 17.7 Å². The number of ether oxygens (including phenoxy) is 3. The molecule has 0 saturated carbocycles. The number of nitrogens with one attached hydrogen (secondary N) is 1. The topological polar surface area (TPSA) is 104 Å². The van der Waals surface area contributed by atoms with Crippen molar-refractivity contribution in [2.45, 2.75) is 6.54 Å². The van der Waals surface area contributed by atoms with Crippen LogP contribution in [0.25, 0.3) is 11.0 Å². The molecule has 0 fully saturated rings. The molecule has 8 heteroatoms. The molecule has 0 radical (unpaired) electrons. The molecule has 2 aromatic carbocycles. The van der Waals surface area contributed by atoms with E-state index in [0.717, 1.165) is 0 Å². The van der Waals surface area contributed by atoms with Gasteiger partial charge in [0.05, 0.1) is 32.5 Å². The summed E-state index contributed by atoms with van der Waals surface area (Å²) in [7, 11) is 4.06. The molecule has 0 bridgehead atoms. The molecule has 0 amide bonds. The Kier molecular flexibility index (Phi) is 5.82. The van der Waals surface area contributed by atoms with Crippen LogP contribution in [0, 0.1) is 0 Å². The summed E-state index contributed by atoms with van der Waals surface area (Å²) in [6.45, 7) is 0.197. The van der Waals surface area contributed by atoms with Crippen molar-refractivity contribution in [3.8, 4) is 5.75 Å². The molecule has 0 unspecified atom stereocenters. The van der Waals surface area contributed by atoms with Crippen molar-refractivity contribution in [1.82, 2.24) is 0 Å². The molecule has 0 aliphatic heterocycles. The van der Waals surface area contributed by atoms with Gasteiger partial charge in [-0.15, -0.1) is 0 Å². The van der Waals surface area contributed by atoms with E-state index in [1.807, 2.05) is 0 Å². The smallest absolute Gasteiger partial charge is 0.339 e. The van der Waals surface area contributed by atoms with Gasteiger partial charge in [-0.05, 0) is 35.9 Å². The van der Waals surface area contributed by atoms with Crippen LogP contribution in [0.15, 0.2) is 51.7 Å². The molecule has 0 aliphatic rings. The van der Waals surface area contributed by atoms with Crippen LogP contribution in [-0.2, 0) is 16.0 Å². The number of methoxy groups -OCH3 is 3. The number of hydrogen-bond donors (Lipinski definition) is 1. The second-order valence-corrected chi connectivity index (χ2v) is 6.05. The number of carbonyl (C=O) groups excluding carboxylic acids is 2. The van der Waals surface area contributed by atoms with Gasteiger partial charge in [0.15, 0.2) is 0 Å². The first-order chi connectivity index (χ1) is 14.0. The maximum atomic E-state index is 12.1. The fraction of sp³-hybridized carbons (Fsp3) is 0.190. The number of anilines is 1. The summed E-state index contributed by atoms with van der Waals surface area (Å²) in [4.78, 5) is 35.9. The van der Waals surface area contributed by atoms with Crippen LogP contribution >= 0.6 is 0 Å². The van der Waals surface area contributed by atoms with Crippen LogP contribution in [0.1, 0.15) is 26.3 Å². The lowest BCUT2D eigenvalue weighted by atomic mass is 10.1. The van der Waals surface area contributed by atoms with Crippen molar-refractivity contribution in [3.05, 3.63) is 69.6 Å². The SMILES string of the molecule is COC(=O)c1ccc(C(=O)OC)c(NCc2cc(=O)oc3cc(OC)ccc23)c1. The minimum Gasteiger partial charge on any atom is -0.497 e. The second-order valence-electron chi connectivity index (χ2n) is 6.05. The lowest BCUT2D eigenvalue weighted by Gasteiger charge is -2.13. The zero-order chi connectivity index (χ0) is 21.0. The second kappa shape index (κ2) is 8.47. The number of fused-ring (bicyclic) bond motifs is 1. The first-order valence-electron chi connectivity index (χ1n) is 8.62. The zero-order valence-electron chi connectivity index (χ0n) is 16.1. The summed E-state index contributed by atoms with van der Waals surface area (Å²) in [6.07, 6.45) is 0. The van der Waals surface area contributed by atoms with Crippen molar-refractivity contribution in [2.75, 3.05) is 26.6 Å². The van der Waals surface area contributed by atoms with Crippen LogP contribution in [0.2, 0.25) is 0 Å². The third-order valence-electron chi connectivity index (χ3n) is 4.35. The van der Waals surface area contributed by atoms with E-state index in [2.05, 4.69) is 5.32 Å². The molecule has 3 aromatic rings. The predicted molar refractivity (Wildman–Crippen MR) is 105 cm³/mol. The molecule has 0 aliphatic carbocycles. The summed E-state index contributed by atoms with van der Waals surface area (Å²) in [5.74, 6) is -0.544. The van der Waals surface area contributed by atoms with Gasteiger partial charge in [-0.3, -0.25) is 0 Å². The van der Waals surface area contributed by atoms with E-state index in [1.165, 1.54) is 45.6 Å². The van der Waals surface area contributed by atoms with Crippen molar-refractivity contribution < 1.29 is 28.2 Å². The number of benzene rings is 2. The first kappa shape index (κ1) is 19.9. The Bertz CT molecular complexity index is 1130. The van der Waals surface area contributed by atoms with Crippen LogP contribution in [0.5, 0.6) is 5.75 Å². The zero-order valence-corrected chi connectivity index (χ0v) is 16.1. The average Bonchev–Trinajstić information content (AvgIpc) is 2.75. The van der Waals surface area contributed by atoms with E-state index in [1.54, 1.807) is 18.2 Å². The molecule has 1 aromatic heterocycles. The Hall–Kier alpha value is -3.81. The Balaban J connectivity index is 1.99. The van der Waals surface area contributed by atoms with E-state index in [4.69, 9.17) is 18.6 Å². The molecule has 1 heterocycles. The number of esters is 2. The van der Waals surface area contributed by atoms with E-state index in [0.29, 0.717) is 28.0 Å². The highest BCUT2D eigenvalue weighted by Gasteiger charge is 2.16. The fourth-order valence-corrected chi connectivity index (χ4v) is 2.90. The molecular formula is C21H19NO7. The minimum atomic E-state index is -0.564. The predicted octanol–water partition coefficient (Wildman–Crippen LogP) is 2.99. The van der Waals surface area contributed by atoms with E-state index < -0.39 is 17.6 Å². The van der Waals surface area contributed by atoms with Gasteiger partial charge in [0.2, 0.25) is 0 Å².